The standard InChI is InChI=1S/C13H18N2O/c1-10-4-6-11(7-5-10)9-15-13(16)12-3-2-8-14-12/h4-7,12,14H,2-3,8-9H2,1H3,(H,15,16)/t12-/m0/s1. The van der Waals surface area contributed by atoms with Gasteiger partial charge < -0.3 is 10.6 Å². The molecule has 0 unspecified atom stereocenters. The fourth-order valence-corrected chi connectivity index (χ4v) is 1.93. The summed E-state index contributed by atoms with van der Waals surface area (Å²) in [5, 5.41) is 6.15. The summed E-state index contributed by atoms with van der Waals surface area (Å²) in [6, 6.07) is 8.26. The molecule has 0 bridgehead atoms. The molecule has 16 heavy (non-hydrogen) atoms. The molecule has 1 heterocycles. The molecule has 1 saturated heterocycles. The van der Waals surface area contributed by atoms with Crippen LogP contribution in [0.1, 0.15) is 24.0 Å². The molecule has 86 valence electrons. The SMILES string of the molecule is Cc1ccc(CNC(=O)[C@@H]2CCCN2)cc1. The lowest BCUT2D eigenvalue weighted by Gasteiger charge is -2.11. The summed E-state index contributed by atoms with van der Waals surface area (Å²) < 4.78 is 0. The minimum absolute atomic E-state index is 0.0189. The minimum atomic E-state index is 0.0189. The van der Waals surface area contributed by atoms with Crippen molar-refractivity contribution in [2.75, 3.05) is 6.54 Å². The fraction of sp³-hybridized carbons (Fsp3) is 0.462. The van der Waals surface area contributed by atoms with Crippen molar-refractivity contribution in [1.82, 2.24) is 10.6 Å². The van der Waals surface area contributed by atoms with Crippen molar-refractivity contribution in [1.29, 1.82) is 0 Å². The zero-order valence-corrected chi connectivity index (χ0v) is 9.62. The third-order valence-corrected chi connectivity index (χ3v) is 2.96. The summed E-state index contributed by atoms with van der Waals surface area (Å²) in [6.07, 6.45) is 2.06. The monoisotopic (exact) mass is 218 g/mol. The van der Waals surface area contributed by atoms with Crippen molar-refractivity contribution >= 4 is 5.91 Å². The van der Waals surface area contributed by atoms with Gasteiger partial charge in [-0.15, -0.1) is 0 Å². The van der Waals surface area contributed by atoms with E-state index in [1.807, 2.05) is 0 Å². The second kappa shape index (κ2) is 5.12. The summed E-state index contributed by atoms with van der Waals surface area (Å²) in [5.41, 5.74) is 2.39. The van der Waals surface area contributed by atoms with E-state index in [2.05, 4.69) is 41.8 Å². The Morgan fingerprint density at radius 3 is 2.81 bits per heavy atom. The zero-order chi connectivity index (χ0) is 11.4. The van der Waals surface area contributed by atoms with Crippen LogP contribution in [0.2, 0.25) is 0 Å². The van der Waals surface area contributed by atoms with E-state index in [1.54, 1.807) is 0 Å². The summed E-state index contributed by atoms with van der Waals surface area (Å²) in [6.45, 7) is 3.64. The van der Waals surface area contributed by atoms with Gasteiger partial charge in [0.15, 0.2) is 0 Å². The van der Waals surface area contributed by atoms with E-state index in [9.17, 15) is 4.79 Å². The van der Waals surface area contributed by atoms with Gasteiger partial charge in [0.1, 0.15) is 0 Å². The van der Waals surface area contributed by atoms with Gasteiger partial charge in [-0.3, -0.25) is 4.79 Å². The van der Waals surface area contributed by atoms with Crippen molar-refractivity contribution in [3.63, 3.8) is 0 Å². The van der Waals surface area contributed by atoms with E-state index in [0.29, 0.717) is 6.54 Å². The number of rotatable bonds is 3. The van der Waals surface area contributed by atoms with Gasteiger partial charge in [-0.05, 0) is 31.9 Å². The molecule has 1 aromatic carbocycles. The molecule has 2 rings (SSSR count). The van der Waals surface area contributed by atoms with Crippen LogP contribution in [-0.2, 0) is 11.3 Å². The number of carbonyl (C=O) groups excluding carboxylic acids is 1. The second-order valence-corrected chi connectivity index (χ2v) is 4.35. The van der Waals surface area contributed by atoms with E-state index in [0.717, 1.165) is 24.9 Å². The molecule has 0 spiro atoms. The zero-order valence-electron chi connectivity index (χ0n) is 9.62. The Hall–Kier alpha value is -1.35. The largest absolute Gasteiger partial charge is 0.351 e. The number of hydrogen-bond donors (Lipinski definition) is 2. The van der Waals surface area contributed by atoms with Crippen LogP contribution >= 0.6 is 0 Å². The molecule has 1 fully saturated rings. The molecular weight excluding hydrogens is 200 g/mol. The Bertz CT molecular complexity index is 353. The van der Waals surface area contributed by atoms with Gasteiger partial charge in [0.05, 0.1) is 6.04 Å². The number of amides is 1. The average Bonchev–Trinajstić information content (AvgIpc) is 2.81. The summed E-state index contributed by atoms with van der Waals surface area (Å²) in [7, 11) is 0. The number of nitrogens with one attached hydrogen (secondary N) is 2. The Labute approximate surface area is 96.2 Å². The molecule has 1 amide bonds. The van der Waals surface area contributed by atoms with Crippen molar-refractivity contribution in [2.24, 2.45) is 0 Å². The molecule has 3 heteroatoms. The topological polar surface area (TPSA) is 41.1 Å². The highest BCUT2D eigenvalue weighted by Gasteiger charge is 2.21. The lowest BCUT2D eigenvalue weighted by atomic mass is 10.1. The van der Waals surface area contributed by atoms with Crippen LogP contribution in [0.4, 0.5) is 0 Å². The van der Waals surface area contributed by atoms with Crippen LogP contribution in [0.15, 0.2) is 24.3 Å². The predicted molar refractivity (Wildman–Crippen MR) is 64.1 cm³/mol. The lowest BCUT2D eigenvalue weighted by molar-refractivity contribution is -0.122. The van der Waals surface area contributed by atoms with Gasteiger partial charge in [0, 0.05) is 6.54 Å². The summed E-state index contributed by atoms with van der Waals surface area (Å²) in [4.78, 5) is 11.7. The van der Waals surface area contributed by atoms with E-state index >= 15 is 0 Å². The van der Waals surface area contributed by atoms with Crippen LogP contribution < -0.4 is 10.6 Å². The van der Waals surface area contributed by atoms with Gasteiger partial charge in [-0.1, -0.05) is 29.8 Å². The lowest BCUT2D eigenvalue weighted by Crippen LogP contribution is -2.39. The first-order chi connectivity index (χ1) is 7.75. The second-order valence-electron chi connectivity index (χ2n) is 4.35. The van der Waals surface area contributed by atoms with Crippen molar-refractivity contribution in [3.05, 3.63) is 35.4 Å². The molecular formula is C13H18N2O. The third kappa shape index (κ3) is 2.83. The fourth-order valence-electron chi connectivity index (χ4n) is 1.93. The van der Waals surface area contributed by atoms with Crippen LogP contribution in [0.25, 0.3) is 0 Å². The maximum atomic E-state index is 11.7. The van der Waals surface area contributed by atoms with Crippen molar-refractivity contribution in [2.45, 2.75) is 32.4 Å². The molecule has 0 aromatic heterocycles. The van der Waals surface area contributed by atoms with E-state index in [-0.39, 0.29) is 11.9 Å². The van der Waals surface area contributed by atoms with Crippen molar-refractivity contribution < 1.29 is 4.79 Å². The van der Waals surface area contributed by atoms with E-state index in [1.165, 1.54) is 5.56 Å². The van der Waals surface area contributed by atoms with Gasteiger partial charge in [0.25, 0.3) is 0 Å². The first-order valence-corrected chi connectivity index (χ1v) is 5.82. The van der Waals surface area contributed by atoms with Crippen LogP contribution in [0.3, 0.4) is 0 Å². The molecule has 1 aliphatic rings. The van der Waals surface area contributed by atoms with Crippen molar-refractivity contribution in [3.8, 4) is 0 Å². The smallest absolute Gasteiger partial charge is 0.237 e. The maximum Gasteiger partial charge on any atom is 0.237 e. The van der Waals surface area contributed by atoms with Gasteiger partial charge >= 0.3 is 0 Å². The molecule has 1 aliphatic heterocycles. The normalized spacial score (nSPS) is 19.7. The maximum absolute atomic E-state index is 11.7. The number of hydrogen-bond acceptors (Lipinski definition) is 2. The van der Waals surface area contributed by atoms with E-state index < -0.39 is 0 Å². The third-order valence-electron chi connectivity index (χ3n) is 2.96. The quantitative estimate of drug-likeness (QED) is 0.804. The number of benzene rings is 1. The average molecular weight is 218 g/mol. The van der Waals surface area contributed by atoms with Gasteiger partial charge in [0.2, 0.25) is 5.91 Å². The molecule has 0 aliphatic carbocycles. The molecule has 3 nitrogen and oxygen atoms in total. The Balaban J connectivity index is 1.82. The molecule has 1 atom stereocenters. The molecule has 0 radical (unpaired) electrons. The Kier molecular flexibility index (Phi) is 3.57. The van der Waals surface area contributed by atoms with Gasteiger partial charge in [-0.2, -0.15) is 0 Å². The Morgan fingerprint density at radius 1 is 1.44 bits per heavy atom. The van der Waals surface area contributed by atoms with Crippen LogP contribution in [0, 0.1) is 6.92 Å². The first-order valence-electron chi connectivity index (χ1n) is 5.82. The number of carbonyl (C=O) groups is 1. The minimum Gasteiger partial charge on any atom is -0.351 e. The van der Waals surface area contributed by atoms with Crippen LogP contribution in [-0.4, -0.2) is 18.5 Å². The number of aryl methyl sites for hydroxylation is 1. The first kappa shape index (κ1) is 11.1. The molecule has 0 saturated carbocycles. The highest BCUT2D eigenvalue weighted by atomic mass is 16.2. The van der Waals surface area contributed by atoms with E-state index in [4.69, 9.17) is 0 Å². The summed E-state index contributed by atoms with van der Waals surface area (Å²) in [5.74, 6) is 0.123. The Morgan fingerprint density at radius 2 is 2.19 bits per heavy atom. The van der Waals surface area contributed by atoms with Gasteiger partial charge in [-0.25, -0.2) is 0 Å². The summed E-state index contributed by atoms with van der Waals surface area (Å²) >= 11 is 0. The molecule has 1 aromatic rings. The van der Waals surface area contributed by atoms with Crippen LogP contribution in [0.5, 0.6) is 0 Å². The highest BCUT2D eigenvalue weighted by molar-refractivity contribution is 5.81. The highest BCUT2D eigenvalue weighted by Crippen LogP contribution is 2.06. The molecule has 2 N–H and O–H groups in total. The predicted octanol–water partition coefficient (Wildman–Crippen LogP) is 1.36.